The first-order valence-corrected chi connectivity index (χ1v) is 6.92. The van der Waals surface area contributed by atoms with E-state index in [4.69, 9.17) is 5.11 Å². The third-order valence-corrected chi connectivity index (χ3v) is 2.66. The van der Waals surface area contributed by atoms with Crippen molar-refractivity contribution < 1.29 is 54.6 Å². The minimum Gasteiger partial charge on any atom is -0.478 e. The summed E-state index contributed by atoms with van der Waals surface area (Å²) in [5.41, 5.74) is -1.89. The molecule has 0 amide bonds. The summed E-state index contributed by atoms with van der Waals surface area (Å²) in [4.78, 5) is 20.8. The molecule has 0 saturated heterocycles. The summed E-state index contributed by atoms with van der Waals surface area (Å²) in [7, 11) is 0. The van der Waals surface area contributed by atoms with E-state index in [9.17, 15) is 44.7 Å². The lowest BCUT2D eigenvalue weighted by atomic mass is 10.1. The van der Waals surface area contributed by atoms with Crippen molar-refractivity contribution >= 4 is 18.0 Å². The summed E-state index contributed by atoms with van der Waals surface area (Å²) >= 11 is 0. The number of aliphatic carboxylic acids is 1. The SMILES string of the molecule is C=C(C)C(=O)OCC(F)(F)F.CC(=Cc1c(F)c(F)c(F)c(F)c1F)C(=O)O. The van der Waals surface area contributed by atoms with Crippen LogP contribution in [0.15, 0.2) is 17.7 Å². The molecular weight excluding hydrogens is 408 g/mol. The number of halogens is 8. The molecule has 1 aromatic carbocycles. The summed E-state index contributed by atoms with van der Waals surface area (Å²) in [5, 5.41) is 8.44. The van der Waals surface area contributed by atoms with E-state index >= 15 is 0 Å². The third kappa shape index (κ3) is 7.37. The molecule has 1 aromatic rings. The summed E-state index contributed by atoms with van der Waals surface area (Å²) in [6.45, 7) is 3.79. The van der Waals surface area contributed by atoms with Gasteiger partial charge < -0.3 is 9.84 Å². The van der Waals surface area contributed by atoms with E-state index in [0.29, 0.717) is 6.08 Å². The highest BCUT2D eigenvalue weighted by Gasteiger charge is 2.29. The van der Waals surface area contributed by atoms with Crippen LogP contribution in [0.1, 0.15) is 19.4 Å². The normalized spacial score (nSPS) is 11.4. The Hall–Kier alpha value is -2.92. The quantitative estimate of drug-likeness (QED) is 0.256. The van der Waals surface area contributed by atoms with Gasteiger partial charge in [-0.3, -0.25) is 0 Å². The van der Waals surface area contributed by atoms with Gasteiger partial charge in [0.25, 0.3) is 0 Å². The molecule has 28 heavy (non-hydrogen) atoms. The standard InChI is InChI=1S/C10H5F5O2.C6H7F3O2/c1-3(10(16)17)2-4-5(11)7(13)9(15)8(14)6(4)12;1-4(2)5(10)11-3-6(7,8)9/h2H,1H3,(H,16,17);1,3H2,2H3. The van der Waals surface area contributed by atoms with Crippen LogP contribution in [0.3, 0.4) is 0 Å². The second kappa shape index (κ2) is 9.85. The number of carboxylic acid groups (broad SMARTS) is 1. The smallest absolute Gasteiger partial charge is 0.422 e. The number of carboxylic acids is 1. The second-order valence-corrected chi connectivity index (χ2v) is 5.09. The van der Waals surface area contributed by atoms with Crippen LogP contribution < -0.4 is 0 Å². The van der Waals surface area contributed by atoms with Gasteiger partial charge in [0.2, 0.25) is 5.82 Å². The maximum Gasteiger partial charge on any atom is 0.422 e. The number of hydrogen-bond donors (Lipinski definition) is 1. The Bertz CT molecular complexity index is 783. The van der Waals surface area contributed by atoms with Gasteiger partial charge >= 0.3 is 18.1 Å². The van der Waals surface area contributed by atoms with Crippen molar-refractivity contribution in [1.82, 2.24) is 0 Å². The zero-order valence-electron chi connectivity index (χ0n) is 14.2. The van der Waals surface area contributed by atoms with Crippen molar-refractivity contribution in [2.75, 3.05) is 6.61 Å². The van der Waals surface area contributed by atoms with Crippen LogP contribution in [-0.4, -0.2) is 29.8 Å². The summed E-state index contributed by atoms with van der Waals surface area (Å²) in [6.07, 6.45) is -4.09. The molecule has 0 aliphatic rings. The van der Waals surface area contributed by atoms with Gasteiger partial charge in [-0.15, -0.1) is 0 Å². The van der Waals surface area contributed by atoms with Crippen LogP contribution in [0.5, 0.6) is 0 Å². The molecule has 1 rings (SSSR count). The van der Waals surface area contributed by atoms with Crippen LogP contribution in [0.4, 0.5) is 35.1 Å². The lowest BCUT2D eigenvalue weighted by Gasteiger charge is -2.06. The van der Waals surface area contributed by atoms with Gasteiger partial charge in [0.05, 0.1) is 5.56 Å². The number of rotatable bonds is 4. The molecule has 0 radical (unpaired) electrons. The molecule has 0 spiro atoms. The van der Waals surface area contributed by atoms with E-state index in [2.05, 4.69) is 11.3 Å². The van der Waals surface area contributed by atoms with Crippen molar-refractivity contribution in [2.24, 2.45) is 0 Å². The molecule has 4 nitrogen and oxygen atoms in total. The number of benzene rings is 1. The highest BCUT2D eigenvalue weighted by Crippen LogP contribution is 2.24. The third-order valence-electron chi connectivity index (χ3n) is 2.66. The van der Waals surface area contributed by atoms with Gasteiger partial charge in [0.1, 0.15) is 0 Å². The average molecular weight is 420 g/mol. The Morgan fingerprint density at radius 1 is 0.964 bits per heavy atom. The highest BCUT2D eigenvalue weighted by atomic mass is 19.4. The topological polar surface area (TPSA) is 63.6 Å². The number of carbonyl (C=O) groups excluding carboxylic acids is 1. The fourth-order valence-corrected chi connectivity index (χ4v) is 1.30. The number of hydrogen-bond acceptors (Lipinski definition) is 3. The van der Waals surface area contributed by atoms with Crippen molar-refractivity contribution in [3.63, 3.8) is 0 Å². The van der Waals surface area contributed by atoms with E-state index < -0.39 is 64.9 Å². The molecule has 0 aliphatic carbocycles. The molecule has 0 saturated carbocycles. The zero-order chi connectivity index (χ0) is 22.4. The van der Waals surface area contributed by atoms with E-state index in [0.717, 1.165) is 6.92 Å². The molecule has 156 valence electrons. The first-order valence-electron chi connectivity index (χ1n) is 6.92. The van der Waals surface area contributed by atoms with Gasteiger partial charge in [-0.25, -0.2) is 31.5 Å². The fraction of sp³-hybridized carbons (Fsp3) is 0.250. The Morgan fingerprint density at radius 3 is 1.68 bits per heavy atom. The summed E-state index contributed by atoms with van der Waals surface area (Å²) in [5.74, 6) is -13.2. The van der Waals surface area contributed by atoms with Gasteiger partial charge in [0, 0.05) is 11.1 Å². The molecule has 0 bridgehead atoms. The minimum atomic E-state index is -4.47. The lowest BCUT2D eigenvalue weighted by molar-refractivity contribution is -0.183. The van der Waals surface area contributed by atoms with Crippen LogP contribution in [0.2, 0.25) is 0 Å². The largest absolute Gasteiger partial charge is 0.478 e. The van der Waals surface area contributed by atoms with Crippen molar-refractivity contribution in [2.45, 2.75) is 20.0 Å². The van der Waals surface area contributed by atoms with Crippen LogP contribution in [0, 0.1) is 29.1 Å². The van der Waals surface area contributed by atoms with Crippen LogP contribution >= 0.6 is 0 Å². The predicted molar refractivity (Wildman–Crippen MR) is 79.3 cm³/mol. The van der Waals surface area contributed by atoms with Crippen molar-refractivity contribution in [3.05, 3.63) is 52.4 Å². The van der Waals surface area contributed by atoms with E-state index in [1.165, 1.54) is 6.92 Å². The molecule has 0 aliphatic heterocycles. The Morgan fingerprint density at radius 2 is 1.36 bits per heavy atom. The summed E-state index contributed by atoms with van der Waals surface area (Å²) in [6, 6.07) is 0. The Balaban J connectivity index is 0.000000576. The fourth-order valence-electron chi connectivity index (χ4n) is 1.30. The molecular formula is C16H12F8O4. The molecule has 0 heterocycles. The maximum atomic E-state index is 13.1. The van der Waals surface area contributed by atoms with Crippen LogP contribution in [0.25, 0.3) is 6.08 Å². The van der Waals surface area contributed by atoms with Crippen molar-refractivity contribution in [1.29, 1.82) is 0 Å². The molecule has 0 fully saturated rings. The molecule has 0 unspecified atom stereocenters. The van der Waals surface area contributed by atoms with Gasteiger partial charge in [-0.1, -0.05) is 6.58 Å². The maximum absolute atomic E-state index is 13.1. The number of alkyl halides is 3. The minimum absolute atomic E-state index is 0.0470. The van der Waals surface area contributed by atoms with Gasteiger partial charge in [-0.05, 0) is 19.9 Å². The monoisotopic (exact) mass is 420 g/mol. The van der Waals surface area contributed by atoms with E-state index in [1.807, 2.05) is 0 Å². The molecule has 1 N–H and O–H groups in total. The van der Waals surface area contributed by atoms with E-state index in [1.54, 1.807) is 0 Å². The van der Waals surface area contributed by atoms with Gasteiger partial charge in [-0.2, -0.15) is 13.2 Å². The zero-order valence-corrected chi connectivity index (χ0v) is 14.2. The average Bonchev–Trinajstić information content (AvgIpc) is 2.59. The number of carbonyl (C=O) groups is 2. The first kappa shape index (κ1) is 25.1. The molecule has 0 atom stereocenters. The number of ether oxygens (including phenoxy) is 1. The lowest BCUT2D eigenvalue weighted by Crippen LogP contribution is -2.20. The van der Waals surface area contributed by atoms with Crippen molar-refractivity contribution in [3.8, 4) is 0 Å². The predicted octanol–water partition coefficient (Wildman–Crippen LogP) is 4.54. The first-order chi connectivity index (χ1) is 12.6. The van der Waals surface area contributed by atoms with Gasteiger partial charge in [0.15, 0.2) is 29.9 Å². The second-order valence-electron chi connectivity index (χ2n) is 5.09. The summed E-state index contributed by atoms with van der Waals surface area (Å²) < 4.78 is 102. The Kier molecular flexibility index (Phi) is 8.83. The molecule has 12 heteroatoms. The molecule has 0 aromatic heterocycles. The van der Waals surface area contributed by atoms with Crippen LogP contribution in [-0.2, 0) is 14.3 Å². The Labute approximate surface area is 152 Å². The number of esters is 1. The highest BCUT2D eigenvalue weighted by molar-refractivity contribution is 5.91. The van der Waals surface area contributed by atoms with E-state index in [-0.39, 0.29) is 5.57 Å².